The van der Waals surface area contributed by atoms with Crippen LogP contribution in [0.1, 0.15) is 55.5 Å². The highest BCUT2D eigenvalue weighted by Crippen LogP contribution is 2.24. The second-order valence-corrected chi connectivity index (χ2v) is 8.20. The van der Waals surface area contributed by atoms with E-state index in [0.29, 0.717) is 24.4 Å². The summed E-state index contributed by atoms with van der Waals surface area (Å²) in [6.07, 6.45) is 0. The predicted molar refractivity (Wildman–Crippen MR) is 80.5 cm³/mol. The second kappa shape index (κ2) is 5.72. The Hall–Kier alpha value is -1.10. The lowest BCUT2D eigenvalue weighted by Crippen LogP contribution is -2.49. The van der Waals surface area contributed by atoms with Crippen LogP contribution in [0.15, 0.2) is 10.5 Å². The van der Waals surface area contributed by atoms with E-state index in [1.165, 1.54) is 0 Å². The minimum absolute atomic E-state index is 0.00597. The van der Waals surface area contributed by atoms with Gasteiger partial charge in [-0.05, 0) is 26.8 Å². The van der Waals surface area contributed by atoms with Gasteiger partial charge in [0.25, 0.3) is 5.91 Å². The molecule has 112 valence electrons. The molecule has 1 amide bonds. The molecule has 4 nitrogen and oxygen atoms in total. The van der Waals surface area contributed by atoms with E-state index in [9.17, 15) is 9.00 Å². The summed E-state index contributed by atoms with van der Waals surface area (Å²) < 4.78 is 17.6. The molecule has 0 aliphatic carbocycles. The Morgan fingerprint density at radius 1 is 1.35 bits per heavy atom. The molecule has 0 spiro atoms. The molecule has 20 heavy (non-hydrogen) atoms. The van der Waals surface area contributed by atoms with Gasteiger partial charge in [-0.25, -0.2) is 0 Å². The van der Waals surface area contributed by atoms with Crippen molar-refractivity contribution in [2.45, 2.75) is 51.0 Å². The number of amides is 1. The van der Waals surface area contributed by atoms with E-state index in [4.69, 9.17) is 4.42 Å². The standard InChI is InChI=1S/C15H23NO3S/c1-9(2)14-6-13(12(5)19-14)15(17)16-7-10(3)20(18)11(4)8-16/h6,9-11H,7-8H2,1-5H3/t10-,11+,20?. The van der Waals surface area contributed by atoms with Crippen LogP contribution in [-0.2, 0) is 10.8 Å². The SMILES string of the molecule is Cc1oc(C(C)C)cc1C(=O)N1C[C@@H](C)S(=O)[C@@H](C)C1. The zero-order chi connectivity index (χ0) is 15.0. The number of hydrogen-bond donors (Lipinski definition) is 0. The topological polar surface area (TPSA) is 50.5 Å². The molecule has 2 heterocycles. The van der Waals surface area contributed by atoms with Gasteiger partial charge in [0, 0.05) is 40.3 Å². The predicted octanol–water partition coefficient (Wildman–Crippen LogP) is 2.69. The Labute approximate surface area is 123 Å². The zero-order valence-electron chi connectivity index (χ0n) is 12.8. The first kappa shape index (κ1) is 15.3. The van der Waals surface area contributed by atoms with Crippen LogP contribution in [0.25, 0.3) is 0 Å². The number of carbonyl (C=O) groups excluding carboxylic acids is 1. The number of hydrogen-bond acceptors (Lipinski definition) is 3. The average molecular weight is 297 g/mol. The minimum Gasteiger partial charge on any atom is -0.465 e. The van der Waals surface area contributed by atoms with Gasteiger partial charge in [-0.15, -0.1) is 0 Å². The Balaban J connectivity index is 2.21. The first-order valence-corrected chi connectivity index (χ1v) is 8.37. The summed E-state index contributed by atoms with van der Waals surface area (Å²) in [5.41, 5.74) is 0.640. The van der Waals surface area contributed by atoms with E-state index >= 15 is 0 Å². The normalized spacial score (nSPS) is 27.1. The summed E-state index contributed by atoms with van der Waals surface area (Å²) in [7, 11) is -0.848. The third-order valence-corrected chi connectivity index (χ3v) is 5.66. The number of nitrogens with zero attached hydrogens (tertiary/aromatic N) is 1. The summed E-state index contributed by atoms with van der Waals surface area (Å²) in [6, 6.07) is 1.85. The highest BCUT2D eigenvalue weighted by Gasteiger charge is 2.32. The summed E-state index contributed by atoms with van der Waals surface area (Å²) >= 11 is 0. The molecule has 1 aliphatic rings. The Kier molecular flexibility index (Phi) is 4.37. The Morgan fingerprint density at radius 2 is 1.90 bits per heavy atom. The summed E-state index contributed by atoms with van der Waals surface area (Å²) in [5.74, 6) is 1.77. The summed E-state index contributed by atoms with van der Waals surface area (Å²) in [4.78, 5) is 14.4. The van der Waals surface area contributed by atoms with Gasteiger partial charge in [-0.2, -0.15) is 0 Å². The molecule has 0 aromatic carbocycles. The van der Waals surface area contributed by atoms with E-state index in [1.807, 2.05) is 40.7 Å². The van der Waals surface area contributed by atoms with Crippen molar-refractivity contribution in [2.24, 2.45) is 0 Å². The van der Waals surface area contributed by atoms with Gasteiger partial charge in [-0.3, -0.25) is 9.00 Å². The van der Waals surface area contributed by atoms with Crippen molar-refractivity contribution in [2.75, 3.05) is 13.1 Å². The van der Waals surface area contributed by atoms with Crippen molar-refractivity contribution in [3.63, 3.8) is 0 Å². The van der Waals surface area contributed by atoms with Crippen LogP contribution in [0.5, 0.6) is 0 Å². The maximum atomic E-state index is 12.6. The molecule has 0 saturated carbocycles. The first-order valence-electron chi connectivity index (χ1n) is 7.10. The van der Waals surface area contributed by atoms with Gasteiger partial charge in [0.2, 0.25) is 0 Å². The van der Waals surface area contributed by atoms with Crippen LogP contribution in [0.2, 0.25) is 0 Å². The molecular weight excluding hydrogens is 274 g/mol. The monoisotopic (exact) mass is 297 g/mol. The van der Waals surface area contributed by atoms with Gasteiger partial charge in [0.15, 0.2) is 0 Å². The molecule has 5 heteroatoms. The lowest BCUT2D eigenvalue weighted by atomic mass is 10.1. The Morgan fingerprint density at radius 3 is 2.35 bits per heavy atom. The van der Waals surface area contributed by atoms with Gasteiger partial charge >= 0.3 is 0 Å². The zero-order valence-corrected chi connectivity index (χ0v) is 13.6. The molecule has 1 aliphatic heterocycles. The molecule has 1 unspecified atom stereocenters. The highest BCUT2D eigenvalue weighted by atomic mass is 32.2. The first-order chi connectivity index (χ1) is 9.31. The molecule has 2 rings (SSSR count). The molecule has 3 atom stereocenters. The maximum Gasteiger partial charge on any atom is 0.257 e. The lowest BCUT2D eigenvalue weighted by molar-refractivity contribution is 0.0749. The van der Waals surface area contributed by atoms with Crippen LogP contribution in [-0.4, -0.2) is 38.6 Å². The number of rotatable bonds is 2. The average Bonchev–Trinajstić information content (AvgIpc) is 2.76. The minimum atomic E-state index is -0.848. The third-order valence-electron chi connectivity index (χ3n) is 3.77. The third kappa shape index (κ3) is 2.82. The fourth-order valence-corrected chi connectivity index (χ4v) is 4.02. The Bertz CT molecular complexity index is 521. The quantitative estimate of drug-likeness (QED) is 0.843. The van der Waals surface area contributed by atoms with Gasteiger partial charge in [0.1, 0.15) is 11.5 Å². The van der Waals surface area contributed by atoms with Crippen molar-refractivity contribution >= 4 is 16.7 Å². The second-order valence-electron chi connectivity index (χ2n) is 5.93. The van der Waals surface area contributed by atoms with Crippen molar-refractivity contribution < 1.29 is 13.4 Å². The molecule has 1 fully saturated rings. The van der Waals surface area contributed by atoms with Crippen LogP contribution in [0.4, 0.5) is 0 Å². The van der Waals surface area contributed by atoms with E-state index in [1.54, 1.807) is 4.90 Å². The van der Waals surface area contributed by atoms with Gasteiger partial charge < -0.3 is 9.32 Å². The van der Waals surface area contributed by atoms with Crippen LogP contribution in [0.3, 0.4) is 0 Å². The smallest absolute Gasteiger partial charge is 0.257 e. The number of furan rings is 1. The highest BCUT2D eigenvalue weighted by molar-refractivity contribution is 7.86. The van der Waals surface area contributed by atoms with Gasteiger partial charge in [0.05, 0.1) is 5.56 Å². The van der Waals surface area contributed by atoms with Crippen molar-refractivity contribution in [3.05, 3.63) is 23.2 Å². The van der Waals surface area contributed by atoms with Crippen LogP contribution < -0.4 is 0 Å². The largest absolute Gasteiger partial charge is 0.465 e. The van der Waals surface area contributed by atoms with E-state index < -0.39 is 10.8 Å². The van der Waals surface area contributed by atoms with Crippen LogP contribution in [0, 0.1) is 6.92 Å². The summed E-state index contributed by atoms with van der Waals surface area (Å²) in [5, 5.41) is 0.0546. The van der Waals surface area contributed by atoms with Crippen molar-refractivity contribution in [3.8, 4) is 0 Å². The molecule has 0 radical (unpaired) electrons. The molecule has 1 aromatic heterocycles. The lowest BCUT2D eigenvalue weighted by Gasteiger charge is -2.34. The van der Waals surface area contributed by atoms with Crippen molar-refractivity contribution in [1.82, 2.24) is 4.90 Å². The van der Waals surface area contributed by atoms with E-state index in [-0.39, 0.29) is 22.3 Å². The fourth-order valence-electron chi connectivity index (χ4n) is 2.58. The molecule has 0 bridgehead atoms. The molecule has 1 aromatic rings. The molecule has 1 saturated heterocycles. The molecule has 0 N–H and O–H groups in total. The maximum absolute atomic E-state index is 12.6. The van der Waals surface area contributed by atoms with Crippen molar-refractivity contribution in [1.29, 1.82) is 0 Å². The fraction of sp³-hybridized carbons (Fsp3) is 0.667. The molecular formula is C15H23NO3S. The van der Waals surface area contributed by atoms with Crippen LogP contribution >= 0.6 is 0 Å². The number of carbonyl (C=O) groups is 1. The number of aryl methyl sites for hydroxylation is 1. The van der Waals surface area contributed by atoms with E-state index in [0.717, 1.165) is 5.76 Å². The summed E-state index contributed by atoms with van der Waals surface area (Å²) in [6.45, 7) is 10.9. The van der Waals surface area contributed by atoms with E-state index in [2.05, 4.69) is 0 Å². The van der Waals surface area contributed by atoms with Gasteiger partial charge in [-0.1, -0.05) is 13.8 Å².